The van der Waals surface area contributed by atoms with E-state index in [1.165, 1.54) is 82.9 Å². The van der Waals surface area contributed by atoms with E-state index in [4.69, 9.17) is 19.4 Å². The molecule has 0 saturated heterocycles. The molecular weight excluding hydrogens is 880 g/mol. The van der Waals surface area contributed by atoms with Crippen molar-refractivity contribution in [2.75, 3.05) is 9.80 Å². The molecule has 60 heavy (non-hydrogen) atoms. The van der Waals surface area contributed by atoms with Gasteiger partial charge in [0.25, 0.3) is 0 Å². The molecule has 0 amide bonds. The maximum atomic E-state index is 6.19. The molecule has 6 heteroatoms. The average molecular weight is 931 g/mol. The minimum atomic E-state index is -1.88. The fourth-order valence-electron chi connectivity index (χ4n) is 8.26. The molecule has 7 aromatic rings. The van der Waals surface area contributed by atoms with Gasteiger partial charge in [-0.15, -0.1) is 6.67 Å². The van der Waals surface area contributed by atoms with Crippen LogP contribution in [0.1, 0.15) is 50.1 Å². The molecule has 0 N–H and O–H groups in total. The van der Waals surface area contributed by atoms with Crippen molar-refractivity contribution in [3.63, 3.8) is 0 Å². The summed E-state index contributed by atoms with van der Waals surface area (Å²) in [6.07, 6.45) is 6.44. The van der Waals surface area contributed by atoms with Crippen LogP contribution in [0, 0.1) is 48.2 Å². The Morgan fingerprint density at radius 1 is 0.450 bits per heavy atom. The van der Waals surface area contributed by atoms with Gasteiger partial charge >= 0.3 is 120 Å². The molecule has 1 aliphatic heterocycles. The summed E-state index contributed by atoms with van der Waals surface area (Å²) in [6, 6.07) is 60.2. The zero-order valence-electron chi connectivity index (χ0n) is 35.0. The van der Waals surface area contributed by atoms with Gasteiger partial charge in [-0.2, -0.15) is 0 Å². The SMILES string of the molecule is Cc1cc(C)c(N2C=CN(c3c(C)cc(C)cc3C)[CH-]2)c(C)c1.[Cl][Ru]([Cl])=[C]1C=C(c2ccccc2)c2ccccc21.c1ccc([PH+](c2ccccc2)c2ccccc2)cc1. The van der Waals surface area contributed by atoms with Crippen molar-refractivity contribution in [1.29, 1.82) is 0 Å². The van der Waals surface area contributed by atoms with Crippen molar-refractivity contribution < 1.29 is 13.5 Å². The number of aryl methyl sites for hydroxylation is 6. The van der Waals surface area contributed by atoms with Crippen LogP contribution in [-0.4, -0.2) is 4.11 Å². The molecule has 304 valence electrons. The van der Waals surface area contributed by atoms with Crippen LogP contribution >= 0.6 is 27.3 Å². The molecule has 0 spiro atoms. The summed E-state index contributed by atoms with van der Waals surface area (Å²) in [5, 5.41) is 4.31. The molecule has 0 bridgehead atoms. The first kappa shape index (κ1) is 43.2. The number of hydrogen-bond acceptors (Lipinski definition) is 2. The van der Waals surface area contributed by atoms with Crippen molar-refractivity contribution >= 4 is 64.3 Å². The van der Waals surface area contributed by atoms with Crippen molar-refractivity contribution in [2.45, 2.75) is 41.5 Å². The molecular formula is C54H51Cl2N2PRu. The molecule has 0 fully saturated rings. The summed E-state index contributed by atoms with van der Waals surface area (Å²) >= 11 is -1.88. The van der Waals surface area contributed by atoms with Crippen LogP contribution in [-0.2, 0) is 13.5 Å². The minimum Gasteiger partial charge on any atom is -0.0620 e. The number of halogens is 2. The number of fused-ring (bicyclic) bond motifs is 1. The summed E-state index contributed by atoms with van der Waals surface area (Å²) < 4.78 is 1.12. The van der Waals surface area contributed by atoms with Crippen molar-refractivity contribution in [2.24, 2.45) is 0 Å². The zero-order valence-corrected chi connectivity index (χ0v) is 39.2. The van der Waals surface area contributed by atoms with Gasteiger partial charge in [-0.3, -0.25) is 0 Å². The van der Waals surface area contributed by atoms with Gasteiger partial charge in [0.1, 0.15) is 15.9 Å². The predicted octanol–water partition coefficient (Wildman–Crippen LogP) is 13.2. The van der Waals surface area contributed by atoms with Gasteiger partial charge in [-0.05, 0) is 113 Å². The number of benzene rings is 7. The maximum Gasteiger partial charge on any atom is 0.102 e. The molecule has 1 heterocycles. The molecule has 2 aliphatic rings. The second kappa shape index (κ2) is 20.1. The van der Waals surface area contributed by atoms with Gasteiger partial charge in [0.15, 0.2) is 0 Å². The van der Waals surface area contributed by atoms with Crippen LogP contribution in [0.15, 0.2) is 188 Å². The number of hydrogen-bond donors (Lipinski definition) is 0. The molecule has 2 nitrogen and oxygen atoms in total. The Balaban J connectivity index is 0.000000137. The second-order valence-electron chi connectivity index (χ2n) is 15.2. The van der Waals surface area contributed by atoms with Gasteiger partial charge in [0, 0.05) is 11.4 Å². The van der Waals surface area contributed by atoms with E-state index in [2.05, 4.69) is 222 Å². The normalized spacial score (nSPS) is 13.0. The van der Waals surface area contributed by atoms with Crippen molar-refractivity contribution in [1.82, 2.24) is 0 Å². The third-order valence-electron chi connectivity index (χ3n) is 10.6. The maximum absolute atomic E-state index is 6.19. The first-order chi connectivity index (χ1) is 29.1. The van der Waals surface area contributed by atoms with E-state index < -0.39 is 21.4 Å². The average Bonchev–Trinajstić information content (AvgIpc) is 3.88. The Morgan fingerprint density at radius 3 is 1.18 bits per heavy atom. The van der Waals surface area contributed by atoms with Crippen LogP contribution < -0.4 is 25.7 Å². The molecule has 0 atom stereocenters. The summed E-state index contributed by atoms with van der Waals surface area (Å²) in [4.78, 5) is 4.45. The van der Waals surface area contributed by atoms with Gasteiger partial charge in [-0.1, -0.05) is 90.0 Å². The molecule has 9 rings (SSSR count). The van der Waals surface area contributed by atoms with Gasteiger partial charge in [-0.25, -0.2) is 0 Å². The standard InChI is InChI=1S/C21H25N2.C18H15P.C15H10.2ClH.Ru/c1-14-9-16(3)20(17(4)10-14)22-7-8-23(13-22)21-18(5)11-15(2)12-19(21)6;1-4-10-16(11-5-1)19(17-12-6-2-7-13-17)18-14-8-3-9-15-18;1-2-6-12(7-3-1)15-11-10-13-8-4-5-9-14(13)15;;;/h7-13H,1-6H3;1-15H;1-9,11H;2*1H;/q-1;;;;;+2/p-1. The van der Waals surface area contributed by atoms with Gasteiger partial charge < -0.3 is 9.80 Å². The van der Waals surface area contributed by atoms with Crippen molar-refractivity contribution in [3.05, 3.63) is 245 Å². The number of anilines is 2. The Bertz CT molecular complexity index is 2450. The van der Waals surface area contributed by atoms with Crippen LogP contribution in [0.5, 0.6) is 0 Å². The topological polar surface area (TPSA) is 6.48 Å². The number of allylic oxidation sites excluding steroid dienone is 1. The smallest absolute Gasteiger partial charge is 0.0620 e. The van der Waals surface area contributed by atoms with Crippen LogP contribution in [0.3, 0.4) is 0 Å². The van der Waals surface area contributed by atoms with Gasteiger partial charge in [0.05, 0.1) is 7.92 Å². The third-order valence-corrected chi connectivity index (χ3v) is 16.4. The molecule has 1 aliphatic carbocycles. The van der Waals surface area contributed by atoms with E-state index in [0.29, 0.717) is 0 Å². The molecule has 0 unspecified atom stereocenters. The summed E-state index contributed by atoms with van der Waals surface area (Å²) in [6.45, 7) is 15.2. The summed E-state index contributed by atoms with van der Waals surface area (Å²) in [7, 11) is 11.5. The summed E-state index contributed by atoms with van der Waals surface area (Å²) in [5.41, 5.74) is 15.3. The van der Waals surface area contributed by atoms with E-state index in [-0.39, 0.29) is 0 Å². The molecule has 7 aromatic carbocycles. The van der Waals surface area contributed by atoms with Crippen LogP contribution in [0.25, 0.3) is 5.57 Å². The zero-order chi connectivity index (χ0) is 42.2. The second-order valence-corrected chi connectivity index (χ2v) is 23.5. The Morgan fingerprint density at radius 2 is 0.800 bits per heavy atom. The first-order valence-corrected chi connectivity index (χ1v) is 27.0. The number of nitrogens with zero attached hydrogens (tertiary/aromatic N) is 2. The third kappa shape index (κ3) is 10.2. The Labute approximate surface area is 371 Å². The van der Waals surface area contributed by atoms with E-state index in [9.17, 15) is 0 Å². The van der Waals surface area contributed by atoms with E-state index in [1.807, 2.05) is 24.3 Å². The van der Waals surface area contributed by atoms with Gasteiger partial charge in [0.2, 0.25) is 0 Å². The molecule has 0 radical (unpaired) electrons. The number of rotatable bonds is 6. The monoisotopic (exact) mass is 930 g/mol. The largest absolute Gasteiger partial charge is 0.102 e. The fraction of sp³-hybridized carbons (Fsp3) is 0.111. The van der Waals surface area contributed by atoms with E-state index in [1.54, 1.807) is 0 Å². The molecule has 0 aromatic heterocycles. The Hall–Kier alpha value is -4.88. The van der Waals surface area contributed by atoms with Crippen LogP contribution in [0.4, 0.5) is 11.4 Å². The first-order valence-electron chi connectivity index (χ1n) is 20.1. The van der Waals surface area contributed by atoms with E-state index in [0.717, 1.165) is 4.11 Å². The summed E-state index contributed by atoms with van der Waals surface area (Å²) in [5.74, 6) is 0. The van der Waals surface area contributed by atoms with Crippen LogP contribution in [0.2, 0.25) is 0 Å². The van der Waals surface area contributed by atoms with Crippen molar-refractivity contribution in [3.8, 4) is 0 Å². The quantitative estimate of drug-likeness (QED) is 0.0931. The predicted molar refractivity (Wildman–Crippen MR) is 262 cm³/mol. The fourth-order valence-corrected chi connectivity index (χ4v) is 13.3. The minimum absolute atomic E-state index is 0.877. The Kier molecular flexibility index (Phi) is 14.5. The van der Waals surface area contributed by atoms with E-state index >= 15 is 0 Å². The molecule has 0 saturated carbocycles.